The number of aryl methyl sites for hydroxylation is 1. The van der Waals surface area contributed by atoms with E-state index in [2.05, 4.69) is 0 Å². The normalized spacial score (nSPS) is 19.4. The molecule has 40 heavy (non-hydrogen) atoms. The summed E-state index contributed by atoms with van der Waals surface area (Å²) in [5, 5.41) is 11.0. The van der Waals surface area contributed by atoms with E-state index in [1.807, 2.05) is 84.9 Å². The van der Waals surface area contributed by atoms with Gasteiger partial charge in [-0.05, 0) is 67.5 Å². The summed E-state index contributed by atoms with van der Waals surface area (Å²) in [7, 11) is 0. The molecule has 1 N–H and O–H groups in total. The van der Waals surface area contributed by atoms with Gasteiger partial charge in [-0.15, -0.1) is 0 Å². The van der Waals surface area contributed by atoms with Crippen molar-refractivity contribution in [3.8, 4) is 11.5 Å². The van der Waals surface area contributed by atoms with Crippen molar-refractivity contribution in [3.63, 3.8) is 0 Å². The number of hydrogen-bond acceptors (Lipinski definition) is 5. The van der Waals surface area contributed by atoms with Gasteiger partial charge in [0.2, 0.25) is 11.8 Å². The number of carbonyl (C=O) groups is 2. The number of amides is 2. The van der Waals surface area contributed by atoms with E-state index in [-0.39, 0.29) is 24.5 Å². The first-order valence-corrected chi connectivity index (χ1v) is 14.3. The lowest BCUT2D eigenvalue weighted by Crippen LogP contribution is -2.52. The van der Waals surface area contributed by atoms with E-state index >= 15 is 0 Å². The second-order valence-corrected chi connectivity index (χ2v) is 10.6. The number of nitrogens with zero attached hydrogens (tertiary/aromatic N) is 2. The molecule has 7 heteroatoms. The highest BCUT2D eigenvalue weighted by Gasteiger charge is 2.41. The Hall–Kier alpha value is -3.84. The minimum Gasteiger partial charge on any atom is -0.491 e. The maximum atomic E-state index is 13.6. The van der Waals surface area contributed by atoms with Crippen LogP contribution in [0.2, 0.25) is 0 Å². The average Bonchev–Trinajstić information content (AvgIpc) is 3.70. The maximum Gasteiger partial charge on any atom is 0.245 e. The Morgan fingerprint density at radius 3 is 2.08 bits per heavy atom. The first-order chi connectivity index (χ1) is 19.6. The topological polar surface area (TPSA) is 79.3 Å². The quantitative estimate of drug-likeness (QED) is 0.383. The highest BCUT2D eigenvalue weighted by molar-refractivity contribution is 5.88. The lowest BCUT2D eigenvalue weighted by Gasteiger charge is -2.33. The minimum atomic E-state index is -0.816. The van der Waals surface area contributed by atoms with Crippen molar-refractivity contribution < 1.29 is 24.2 Å². The molecule has 2 heterocycles. The van der Waals surface area contributed by atoms with E-state index < -0.39 is 12.1 Å². The number of aliphatic hydroxyl groups is 1. The van der Waals surface area contributed by atoms with Crippen molar-refractivity contribution in [2.45, 2.75) is 63.3 Å². The zero-order chi connectivity index (χ0) is 27.7. The highest BCUT2D eigenvalue weighted by atomic mass is 16.5. The second kappa shape index (κ2) is 13.5. The Balaban J connectivity index is 1.11. The molecule has 0 bridgehead atoms. The molecule has 3 aromatic rings. The van der Waals surface area contributed by atoms with Crippen LogP contribution in [0.5, 0.6) is 11.5 Å². The minimum absolute atomic E-state index is 0.0236. The molecule has 2 aliphatic heterocycles. The number of likely N-dealkylation sites (tertiary alicyclic amines) is 2. The van der Waals surface area contributed by atoms with Crippen molar-refractivity contribution in [2.75, 3.05) is 19.7 Å². The largest absolute Gasteiger partial charge is 0.491 e. The third-order valence-corrected chi connectivity index (χ3v) is 7.85. The lowest BCUT2D eigenvalue weighted by atomic mass is 10.1. The summed E-state index contributed by atoms with van der Waals surface area (Å²) in [6.07, 6.45) is 3.28. The number of ether oxygens (including phenoxy) is 2. The van der Waals surface area contributed by atoms with E-state index in [1.165, 1.54) is 0 Å². The zero-order valence-corrected chi connectivity index (χ0v) is 22.9. The van der Waals surface area contributed by atoms with E-state index in [4.69, 9.17) is 9.47 Å². The molecule has 0 spiro atoms. The van der Waals surface area contributed by atoms with E-state index in [0.29, 0.717) is 44.7 Å². The predicted molar refractivity (Wildman–Crippen MR) is 153 cm³/mol. The fourth-order valence-corrected chi connectivity index (χ4v) is 5.68. The number of aliphatic hydroxyl groups excluding tert-OH is 1. The molecule has 2 aliphatic rings. The summed E-state index contributed by atoms with van der Waals surface area (Å²) >= 11 is 0. The van der Waals surface area contributed by atoms with Crippen molar-refractivity contribution in [1.29, 1.82) is 0 Å². The van der Waals surface area contributed by atoms with Gasteiger partial charge in [-0.3, -0.25) is 9.59 Å². The van der Waals surface area contributed by atoms with Gasteiger partial charge in [-0.25, -0.2) is 0 Å². The van der Waals surface area contributed by atoms with Gasteiger partial charge in [0.1, 0.15) is 36.9 Å². The summed E-state index contributed by atoms with van der Waals surface area (Å²) < 4.78 is 11.7. The van der Waals surface area contributed by atoms with Gasteiger partial charge >= 0.3 is 0 Å². The SMILES string of the molecule is O=C(CCc1ccccc1)N1CCC[C@H]1C(=O)N1CCC[C@H]1C(O)COc1ccc(OCc2ccccc2)cc1. The predicted octanol–water partition coefficient (Wildman–Crippen LogP) is 4.62. The van der Waals surface area contributed by atoms with Crippen LogP contribution in [-0.4, -0.2) is 64.6 Å². The van der Waals surface area contributed by atoms with E-state index in [1.54, 1.807) is 9.80 Å². The Kier molecular flexibility index (Phi) is 9.34. The van der Waals surface area contributed by atoms with Crippen molar-refractivity contribution >= 4 is 11.8 Å². The molecular weight excluding hydrogens is 504 g/mol. The summed E-state index contributed by atoms with van der Waals surface area (Å²) in [4.78, 5) is 30.2. The van der Waals surface area contributed by atoms with E-state index in [0.717, 1.165) is 36.1 Å². The van der Waals surface area contributed by atoms with Crippen molar-refractivity contribution in [2.24, 2.45) is 0 Å². The Labute approximate surface area is 236 Å². The van der Waals surface area contributed by atoms with Crippen LogP contribution in [0.25, 0.3) is 0 Å². The van der Waals surface area contributed by atoms with Crippen molar-refractivity contribution in [3.05, 3.63) is 96.1 Å². The van der Waals surface area contributed by atoms with Gasteiger partial charge in [-0.1, -0.05) is 60.7 Å². The average molecular weight is 543 g/mol. The molecule has 0 saturated carbocycles. The van der Waals surface area contributed by atoms with Crippen LogP contribution < -0.4 is 9.47 Å². The van der Waals surface area contributed by atoms with Crippen LogP contribution in [0.4, 0.5) is 0 Å². The molecule has 0 aliphatic carbocycles. The Bertz CT molecular complexity index is 1230. The third kappa shape index (κ3) is 7.02. The summed E-state index contributed by atoms with van der Waals surface area (Å²) in [5.41, 5.74) is 2.22. The van der Waals surface area contributed by atoms with Crippen molar-refractivity contribution in [1.82, 2.24) is 9.80 Å². The summed E-state index contributed by atoms with van der Waals surface area (Å²) in [6.45, 7) is 1.78. The van der Waals surface area contributed by atoms with Crippen LogP contribution in [0, 0.1) is 0 Å². The first-order valence-electron chi connectivity index (χ1n) is 14.3. The fraction of sp³-hybridized carbons (Fsp3) is 0.394. The fourth-order valence-electron chi connectivity index (χ4n) is 5.68. The molecule has 210 valence electrons. The molecule has 1 unspecified atom stereocenters. The number of rotatable bonds is 11. The van der Waals surface area contributed by atoms with Gasteiger partial charge in [0.25, 0.3) is 0 Å². The molecule has 2 saturated heterocycles. The van der Waals surface area contributed by atoms with Crippen LogP contribution in [0.3, 0.4) is 0 Å². The molecule has 7 nitrogen and oxygen atoms in total. The molecule has 3 aromatic carbocycles. The summed E-state index contributed by atoms with van der Waals surface area (Å²) in [5.74, 6) is 1.35. The second-order valence-electron chi connectivity index (χ2n) is 10.6. The van der Waals surface area contributed by atoms with Gasteiger partial charge < -0.3 is 24.4 Å². The van der Waals surface area contributed by atoms with Crippen LogP contribution in [-0.2, 0) is 22.6 Å². The monoisotopic (exact) mass is 542 g/mol. The number of benzene rings is 3. The molecule has 3 atom stereocenters. The van der Waals surface area contributed by atoms with Gasteiger partial charge in [-0.2, -0.15) is 0 Å². The molecule has 2 fully saturated rings. The molecule has 0 aromatic heterocycles. The zero-order valence-electron chi connectivity index (χ0n) is 22.9. The highest BCUT2D eigenvalue weighted by Crippen LogP contribution is 2.28. The van der Waals surface area contributed by atoms with Crippen LogP contribution in [0.1, 0.15) is 43.2 Å². The maximum absolute atomic E-state index is 13.6. The number of hydrogen-bond donors (Lipinski definition) is 1. The van der Waals surface area contributed by atoms with Crippen LogP contribution >= 0.6 is 0 Å². The Morgan fingerprint density at radius 2 is 1.38 bits per heavy atom. The smallest absolute Gasteiger partial charge is 0.245 e. The standard InChI is InChI=1S/C33H38N2O5/c36-31(24-40-28-18-16-27(17-19-28)39-23-26-11-5-2-6-12-26)29-13-7-22-35(29)33(38)30-14-8-21-34(30)32(37)20-15-25-9-3-1-4-10-25/h1-6,9-12,16-19,29-31,36H,7-8,13-15,20-24H2/t29-,30-,31?/m0/s1. The van der Waals surface area contributed by atoms with Gasteiger partial charge in [0.05, 0.1) is 6.04 Å². The lowest BCUT2D eigenvalue weighted by molar-refractivity contribution is -0.146. The molecule has 2 amide bonds. The first kappa shape index (κ1) is 27.7. The van der Waals surface area contributed by atoms with E-state index in [9.17, 15) is 14.7 Å². The summed E-state index contributed by atoms with van der Waals surface area (Å²) in [6, 6.07) is 26.5. The molecule has 0 radical (unpaired) electrons. The van der Waals surface area contributed by atoms with Gasteiger partial charge in [0.15, 0.2) is 0 Å². The van der Waals surface area contributed by atoms with Gasteiger partial charge in [0, 0.05) is 19.5 Å². The van der Waals surface area contributed by atoms with Crippen LogP contribution in [0.15, 0.2) is 84.9 Å². The molecule has 5 rings (SSSR count). The molecular formula is C33H38N2O5. The third-order valence-electron chi connectivity index (χ3n) is 7.85. The Morgan fingerprint density at radius 1 is 0.775 bits per heavy atom. The number of carbonyl (C=O) groups excluding carboxylic acids is 2.